The molecule has 1 fully saturated rings. The summed E-state index contributed by atoms with van der Waals surface area (Å²) in [6.07, 6.45) is 0.663. The number of carboxylic acids is 1. The van der Waals surface area contributed by atoms with Gasteiger partial charge in [0, 0.05) is 6.54 Å². The molecule has 0 aliphatic carbocycles. The number of carbonyl (C=O) groups excluding carboxylic acids is 1. The number of anilines is 1. The van der Waals surface area contributed by atoms with Crippen LogP contribution in [0.15, 0.2) is 18.2 Å². The predicted octanol–water partition coefficient (Wildman–Crippen LogP) is 1.46. The minimum atomic E-state index is -1.40. The molecule has 1 aromatic carbocycles. The molecule has 3 N–H and O–H groups in total. The Balaban J connectivity index is 2.26. The lowest BCUT2D eigenvalue weighted by Crippen LogP contribution is -2.35. The van der Waals surface area contributed by atoms with Crippen molar-refractivity contribution < 1.29 is 19.1 Å². The van der Waals surface area contributed by atoms with Crippen molar-refractivity contribution in [3.8, 4) is 0 Å². The Hall–Kier alpha value is -1.95. The highest BCUT2D eigenvalue weighted by molar-refractivity contribution is 6.02. The topological polar surface area (TPSA) is 78.4 Å². The van der Waals surface area contributed by atoms with Crippen molar-refractivity contribution in [1.82, 2.24) is 5.32 Å². The van der Waals surface area contributed by atoms with E-state index in [4.69, 9.17) is 5.11 Å². The molecule has 0 radical (unpaired) electrons. The summed E-state index contributed by atoms with van der Waals surface area (Å²) in [6, 6.07) is 3.81. The number of aromatic carboxylic acids is 1. The largest absolute Gasteiger partial charge is 0.478 e. The van der Waals surface area contributed by atoms with Gasteiger partial charge in [-0.3, -0.25) is 4.79 Å². The van der Waals surface area contributed by atoms with E-state index >= 15 is 0 Å². The average Bonchev–Trinajstić information content (AvgIpc) is 2.77. The number of benzene rings is 1. The van der Waals surface area contributed by atoms with E-state index in [-0.39, 0.29) is 11.6 Å². The smallest absolute Gasteiger partial charge is 0.340 e. The molecule has 19 heavy (non-hydrogen) atoms. The van der Waals surface area contributed by atoms with Crippen LogP contribution < -0.4 is 10.6 Å². The van der Waals surface area contributed by atoms with Gasteiger partial charge < -0.3 is 15.7 Å². The molecule has 1 saturated heterocycles. The second-order valence-electron chi connectivity index (χ2n) is 4.91. The number of amides is 1. The van der Waals surface area contributed by atoms with Gasteiger partial charge in [0.25, 0.3) is 0 Å². The van der Waals surface area contributed by atoms with Gasteiger partial charge in [-0.05, 0) is 32.0 Å². The van der Waals surface area contributed by atoms with E-state index in [2.05, 4.69) is 10.6 Å². The number of rotatable bonds is 3. The third-order valence-corrected chi connectivity index (χ3v) is 3.39. The molecule has 0 spiro atoms. The number of carbonyl (C=O) groups is 2. The Labute approximate surface area is 109 Å². The van der Waals surface area contributed by atoms with Crippen LogP contribution in [0.5, 0.6) is 0 Å². The van der Waals surface area contributed by atoms with Crippen LogP contribution in [0.2, 0.25) is 0 Å². The molecule has 1 unspecified atom stereocenters. The monoisotopic (exact) mass is 266 g/mol. The zero-order valence-electron chi connectivity index (χ0n) is 10.5. The number of carboxylic acid groups (broad SMARTS) is 1. The first-order chi connectivity index (χ1) is 8.94. The van der Waals surface area contributed by atoms with Crippen molar-refractivity contribution in [2.75, 3.05) is 18.4 Å². The van der Waals surface area contributed by atoms with Gasteiger partial charge in [-0.2, -0.15) is 0 Å². The standard InChI is InChI=1S/C13H15FN2O3/c1-13(5-6-15-7-13)12(19)16-9-4-2-3-8(14)10(9)11(17)18/h2-4,15H,5-7H2,1H3,(H,16,19)(H,17,18). The molecule has 1 aliphatic rings. The third kappa shape index (κ3) is 2.58. The van der Waals surface area contributed by atoms with Gasteiger partial charge >= 0.3 is 5.97 Å². The Morgan fingerprint density at radius 2 is 2.21 bits per heavy atom. The molecular formula is C13H15FN2O3. The van der Waals surface area contributed by atoms with Crippen molar-refractivity contribution in [3.63, 3.8) is 0 Å². The summed E-state index contributed by atoms with van der Waals surface area (Å²) in [5.74, 6) is -2.56. The molecule has 1 heterocycles. The summed E-state index contributed by atoms with van der Waals surface area (Å²) in [4.78, 5) is 23.2. The highest BCUT2D eigenvalue weighted by Crippen LogP contribution is 2.28. The third-order valence-electron chi connectivity index (χ3n) is 3.39. The van der Waals surface area contributed by atoms with Crippen LogP contribution >= 0.6 is 0 Å². The van der Waals surface area contributed by atoms with Crippen LogP contribution in [0.25, 0.3) is 0 Å². The first-order valence-electron chi connectivity index (χ1n) is 5.98. The SMILES string of the molecule is CC1(C(=O)Nc2cccc(F)c2C(=O)O)CCNC1. The molecule has 1 aromatic rings. The molecule has 102 valence electrons. The van der Waals surface area contributed by atoms with E-state index in [9.17, 15) is 14.0 Å². The fourth-order valence-corrected chi connectivity index (χ4v) is 2.13. The van der Waals surface area contributed by atoms with Gasteiger partial charge in [0.15, 0.2) is 0 Å². The lowest BCUT2D eigenvalue weighted by Gasteiger charge is -2.22. The van der Waals surface area contributed by atoms with Crippen LogP contribution in [0, 0.1) is 11.2 Å². The Morgan fingerprint density at radius 1 is 1.47 bits per heavy atom. The summed E-state index contributed by atoms with van der Waals surface area (Å²) < 4.78 is 13.5. The van der Waals surface area contributed by atoms with Crippen molar-refractivity contribution in [3.05, 3.63) is 29.6 Å². The Bertz CT molecular complexity index is 525. The van der Waals surface area contributed by atoms with Crippen molar-refractivity contribution in [2.24, 2.45) is 5.41 Å². The zero-order valence-corrected chi connectivity index (χ0v) is 10.5. The van der Waals surface area contributed by atoms with Crippen LogP contribution in [-0.2, 0) is 4.79 Å². The zero-order chi connectivity index (χ0) is 14.0. The summed E-state index contributed by atoms with van der Waals surface area (Å²) in [5, 5.41) is 14.6. The molecule has 1 aliphatic heterocycles. The van der Waals surface area contributed by atoms with Crippen molar-refractivity contribution in [2.45, 2.75) is 13.3 Å². The minimum absolute atomic E-state index is 0.00868. The quantitative estimate of drug-likeness (QED) is 0.774. The second-order valence-corrected chi connectivity index (χ2v) is 4.91. The molecule has 6 heteroatoms. The number of nitrogens with one attached hydrogen (secondary N) is 2. The highest BCUT2D eigenvalue weighted by Gasteiger charge is 2.36. The van der Waals surface area contributed by atoms with Crippen LogP contribution in [0.3, 0.4) is 0 Å². The van der Waals surface area contributed by atoms with Gasteiger partial charge in [-0.15, -0.1) is 0 Å². The predicted molar refractivity (Wildman–Crippen MR) is 67.6 cm³/mol. The second kappa shape index (κ2) is 4.97. The molecule has 5 nitrogen and oxygen atoms in total. The molecule has 1 amide bonds. The van der Waals surface area contributed by atoms with Crippen molar-refractivity contribution >= 4 is 17.6 Å². The van der Waals surface area contributed by atoms with E-state index in [1.165, 1.54) is 12.1 Å². The number of halogens is 1. The van der Waals surface area contributed by atoms with E-state index in [1.807, 2.05) is 0 Å². The van der Waals surface area contributed by atoms with E-state index in [1.54, 1.807) is 6.92 Å². The molecule has 1 atom stereocenters. The highest BCUT2D eigenvalue weighted by atomic mass is 19.1. The molecule has 0 saturated carbocycles. The molecule has 0 bridgehead atoms. The molecule has 0 aromatic heterocycles. The van der Waals surface area contributed by atoms with Crippen LogP contribution in [-0.4, -0.2) is 30.1 Å². The summed E-state index contributed by atoms with van der Waals surface area (Å²) in [5.41, 5.74) is -1.11. The maximum Gasteiger partial charge on any atom is 0.340 e. The van der Waals surface area contributed by atoms with E-state index in [0.717, 1.165) is 12.6 Å². The fourth-order valence-electron chi connectivity index (χ4n) is 2.13. The van der Waals surface area contributed by atoms with Crippen LogP contribution in [0.1, 0.15) is 23.7 Å². The lowest BCUT2D eigenvalue weighted by atomic mass is 9.88. The summed E-state index contributed by atoms with van der Waals surface area (Å²) in [6.45, 7) is 3.05. The maximum absolute atomic E-state index is 13.5. The summed E-state index contributed by atoms with van der Waals surface area (Å²) in [7, 11) is 0. The first kappa shape index (κ1) is 13.5. The van der Waals surface area contributed by atoms with Gasteiger partial charge in [-0.1, -0.05) is 6.07 Å². The van der Waals surface area contributed by atoms with Gasteiger partial charge in [0.05, 0.1) is 11.1 Å². The minimum Gasteiger partial charge on any atom is -0.478 e. The van der Waals surface area contributed by atoms with E-state index in [0.29, 0.717) is 13.0 Å². The van der Waals surface area contributed by atoms with Gasteiger partial charge in [-0.25, -0.2) is 9.18 Å². The van der Waals surface area contributed by atoms with Gasteiger partial charge in [0.1, 0.15) is 11.4 Å². The van der Waals surface area contributed by atoms with E-state index < -0.39 is 22.8 Å². The molecular weight excluding hydrogens is 251 g/mol. The maximum atomic E-state index is 13.5. The Kier molecular flexibility index (Phi) is 3.53. The molecule has 2 rings (SSSR count). The fraction of sp³-hybridized carbons (Fsp3) is 0.385. The Morgan fingerprint density at radius 3 is 2.79 bits per heavy atom. The summed E-state index contributed by atoms with van der Waals surface area (Å²) >= 11 is 0. The number of hydrogen-bond acceptors (Lipinski definition) is 3. The number of hydrogen-bond donors (Lipinski definition) is 3. The lowest BCUT2D eigenvalue weighted by molar-refractivity contribution is -0.123. The van der Waals surface area contributed by atoms with Gasteiger partial charge in [0.2, 0.25) is 5.91 Å². The first-order valence-corrected chi connectivity index (χ1v) is 5.98. The average molecular weight is 266 g/mol. The normalized spacial score (nSPS) is 22.2. The van der Waals surface area contributed by atoms with Crippen LogP contribution in [0.4, 0.5) is 10.1 Å². The van der Waals surface area contributed by atoms with Crippen molar-refractivity contribution in [1.29, 1.82) is 0 Å².